The Morgan fingerprint density at radius 3 is 2.61 bits per heavy atom. The number of hydrogen-bond donors (Lipinski definition) is 1. The van der Waals surface area contributed by atoms with Crippen molar-refractivity contribution >= 4 is 11.9 Å². The van der Waals surface area contributed by atoms with Gasteiger partial charge in [0.15, 0.2) is 0 Å². The zero-order valence-corrected chi connectivity index (χ0v) is 18.1. The van der Waals surface area contributed by atoms with E-state index in [0.717, 1.165) is 24.7 Å². The summed E-state index contributed by atoms with van der Waals surface area (Å²) < 4.78 is 5.19. The van der Waals surface area contributed by atoms with Gasteiger partial charge in [0.1, 0.15) is 6.61 Å². The highest BCUT2D eigenvalue weighted by molar-refractivity contribution is 5.93. The van der Waals surface area contributed by atoms with E-state index in [2.05, 4.69) is 32.2 Å². The summed E-state index contributed by atoms with van der Waals surface area (Å²) in [5.41, 5.74) is 2.11. The molecule has 4 heteroatoms. The molecule has 4 atom stereocenters. The summed E-state index contributed by atoms with van der Waals surface area (Å²) in [5, 5.41) is 2.85. The molecule has 3 saturated carbocycles. The molecule has 0 unspecified atom stereocenters. The Bertz CT molecular complexity index is 690. The Hall–Kier alpha value is -1.32. The lowest BCUT2D eigenvalue weighted by atomic mass is 9.45. The summed E-state index contributed by atoms with van der Waals surface area (Å²) in [5.74, 6) is 1.21. The summed E-state index contributed by atoms with van der Waals surface area (Å²) in [6, 6.07) is -0.275. The maximum Gasteiger partial charge on any atom is 0.336 e. The molecule has 3 aliphatic carbocycles. The minimum Gasteiger partial charge on any atom is -0.460 e. The first kappa shape index (κ1) is 20.0. The molecule has 1 amide bonds. The van der Waals surface area contributed by atoms with E-state index in [1.54, 1.807) is 0 Å². The van der Waals surface area contributed by atoms with E-state index < -0.39 is 0 Å². The smallest absolute Gasteiger partial charge is 0.336 e. The van der Waals surface area contributed by atoms with Gasteiger partial charge in [-0.15, -0.1) is 0 Å². The van der Waals surface area contributed by atoms with Crippen LogP contribution in [0.5, 0.6) is 0 Å². The normalized spacial score (nSPS) is 39.5. The van der Waals surface area contributed by atoms with Gasteiger partial charge in [-0.3, -0.25) is 4.79 Å². The highest BCUT2D eigenvalue weighted by Crippen LogP contribution is 2.72. The molecule has 28 heavy (non-hydrogen) atoms. The van der Waals surface area contributed by atoms with Crippen molar-refractivity contribution in [2.24, 2.45) is 28.1 Å². The molecule has 1 heterocycles. The van der Waals surface area contributed by atoms with Gasteiger partial charge in [-0.1, -0.05) is 33.3 Å². The van der Waals surface area contributed by atoms with Crippen LogP contribution in [-0.2, 0) is 14.3 Å². The zero-order valence-electron chi connectivity index (χ0n) is 18.1. The highest BCUT2D eigenvalue weighted by atomic mass is 16.5. The highest BCUT2D eigenvalue weighted by Gasteiger charge is 2.62. The molecule has 0 aromatic heterocycles. The average Bonchev–Trinajstić information content (AvgIpc) is 3.28. The number of allylic oxidation sites excluding steroid dienone is 1. The minimum atomic E-state index is -0.275. The number of hydrogen-bond acceptors (Lipinski definition) is 3. The molecule has 1 N–H and O–H groups in total. The van der Waals surface area contributed by atoms with Gasteiger partial charge in [-0.05, 0) is 79.4 Å². The third-order valence-electron chi connectivity index (χ3n) is 8.82. The second-order valence-corrected chi connectivity index (χ2v) is 10.9. The predicted molar refractivity (Wildman–Crippen MR) is 110 cm³/mol. The number of fused-ring (bicyclic) bond motifs is 1. The van der Waals surface area contributed by atoms with Crippen LogP contribution in [0.3, 0.4) is 0 Å². The number of carbonyl (C=O) groups excluding carboxylic acids is 2. The number of cyclic esters (lactones) is 1. The summed E-state index contributed by atoms with van der Waals surface area (Å²) >= 11 is 0. The van der Waals surface area contributed by atoms with E-state index in [-0.39, 0.29) is 24.5 Å². The number of esters is 1. The lowest BCUT2D eigenvalue weighted by Crippen LogP contribution is -2.52. The van der Waals surface area contributed by atoms with Crippen molar-refractivity contribution in [1.82, 2.24) is 5.32 Å². The van der Waals surface area contributed by atoms with Crippen molar-refractivity contribution in [3.63, 3.8) is 0 Å². The van der Waals surface area contributed by atoms with Gasteiger partial charge in [0.2, 0.25) is 5.91 Å². The fourth-order valence-corrected chi connectivity index (χ4v) is 7.47. The molecule has 1 aliphatic heterocycles. The maximum atomic E-state index is 12.1. The Morgan fingerprint density at radius 1 is 1.18 bits per heavy atom. The number of amides is 1. The van der Waals surface area contributed by atoms with Crippen molar-refractivity contribution < 1.29 is 14.3 Å². The number of carbonyl (C=O) groups is 2. The SMILES string of the molecule is CC(=O)N[C@@H]1COC(=O)/C1=C/CC[C@H]1C2(CC[C@H]3C(C)(C)CCC[C@@]31C)CC2. The predicted octanol–water partition coefficient (Wildman–Crippen LogP) is 4.78. The van der Waals surface area contributed by atoms with Crippen LogP contribution in [0.2, 0.25) is 0 Å². The molecule has 1 spiro atoms. The fourth-order valence-electron chi connectivity index (χ4n) is 7.47. The second kappa shape index (κ2) is 6.88. The van der Waals surface area contributed by atoms with Gasteiger partial charge in [0, 0.05) is 6.92 Å². The molecule has 4 nitrogen and oxygen atoms in total. The molecule has 156 valence electrons. The quantitative estimate of drug-likeness (QED) is 0.558. The fraction of sp³-hybridized carbons (Fsp3) is 0.833. The first-order valence-electron chi connectivity index (χ1n) is 11.3. The Balaban J connectivity index is 1.51. The Kier molecular flexibility index (Phi) is 4.91. The van der Waals surface area contributed by atoms with Crippen molar-refractivity contribution in [2.75, 3.05) is 6.61 Å². The van der Waals surface area contributed by atoms with Crippen molar-refractivity contribution in [3.8, 4) is 0 Å². The van der Waals surface area contributed by atoms with Gasteiger partial charge in [-0.25, -0.2) is 4.79 Å². The summed E-state index contributed by atoms with van der Waals surface area (Å²) in [4.78, 5) is 23.5. The second-order valence-electron chi connectivity index (χ2n) is 10.9. The number of rotatable bonds is 4. The van der Waals surface area contributed by atoms with Crippen LogP contribution in [0.4, 0.5) is 0 Å². The number of ether oxygens (including phenoxy) is 1. The van der Waals surface area contributed by atoms with E-state index in [1.807, 2.05) is 0 Å². The van der Waals surface area contributed by atoms with Crippen molar-refractivity contribution in [3.05, 3.63) is 11.6 Å². The van der Waals surface area contributed by atoms with Crippen molar-refractivity contribution in [1.29, 1.82) is 0 Å². The third-order valence-corrected chi connectivity index (χ3v) is 8.82. The first-order valence-corrected chi connectivity index (χ1v) is 11.3. The van der Waals surface area contributed by atoms with Crippen LogP contribution in [-0.4, -0.2) is 24.5 Å². The van der Waals surface area contributed by atoms with E-state index in [9.17, 15) is 9.59 Å². The van der Waals surface area contributed by atoms with E-state index in [0.29, 0.717) is 21.8 Å². The molecular weight excluding hydrogens is 350 g/mol. The van der Waals surface area contributed by atoms with Gasteiger partial charge in [0.05, 0.1) is 11.6 Å². The lowest BCUT2D eigenvalue weighted by Gasteiger charge is -2.60. The van der Waals surface area contributed by atoms with Gasteiger partial charge >= 0.3 is 5.97 Å². The Labute approximate surface area is 169 Å². The number of nitrogens with one attached hydrogen (secondary N) is 1. The molecule has 0 aromatic rings. The zero-order chi connectivity index (χ0) is 20.2. The largest absolute Gasteiger partial charge is 0.460 e. The molecule has 0 radical (unpaired) electrons. The standard InChI is InChI=1S/C24H37NO3/c1-16(26)25-18-15-28-21(27)17(18)7-5-8-20-23(4)11-6-10-22(2,3)19(23)9-12-24(20)13-14-24/h7,18-20H,5-6,8-15H2,1-4H3,(H,25,26)/b17-7+/t18-,19+,20-,23+/m1/s1. The molecule has 4 aliphatic rings. The molecule has 4 fully saturated rings. The maximum absolute atomic E-state index is 12.1. The van der Waals surface area contributed by atoms with Gasteiger partial charge in [0.25, 0.3) is 0 Å². The van der Waals surface area contributed by atoms with Crippen LogP contribution >= 0.6 is 0 Å². The minimum absolute atomic E-state index is 0.113. The molecular formula is C24H37NO3. The molecule has 4 rings (SSSR count). The van der Waals surface area contributed by atoms with E-state index in [1.165, 1.54) is 51.9 Å². The van der Waals surface area contributed by atoms with E-state index in [4.69, 9.17) is 4.74 Å². The molecule has 1 saturated heterocycles. The molecule has 0 bridgehead atoms. The van der Waals surface area contributed by atoms with Gasteiger partial charge in [-0.2, -0.15) is 0 Å². The van der Waals surface area contributed by atoms with Crippen molar-refractivity contribution in [2.45, 2.75) is 91.5 Å². The lowest BCUT2D eigenvalue weighted by molar-refractivity contribution is -0.135. The van der Waals surface area contributed by atoms with Crippen LogP contribution < -0.4 is 5.32 Å². The van der Waals surface area contributed by atoms with Gasteiger partial charge < -0.3 is 10.1 Å². The summed E-state index contributed by atoms with van der Waals surface area (Å²) in [7, 11) is 0. The van der Waals surface area contributed by atoms with Crippen LogP contribution in [0.15, 0.2) is 11.6 Å². The van der Waals surface area contributed by atoms with E-state index >= 15 is 0 Å². The molecule has 0 aromatic carbocycles. The average molecular weight is 388 g/mol. The van der Waals surface area contributed by atoms with Crippen LogP contribution in [0, 0.1) is 28.1 Å². The third kappa shape index (κ3) is 3.31. The monoisotopic (exact) mass is 387 g/mol. The summed E-state index contributed by atoms with van der Waals surface area (Å²) in [6.45, 7) is 9.33. The topological polar surface area (TPSA) is 55.4 Å². The summed E-state index contributed by atoms with van der Waals surface area (Å²) in [6.07, 6.45) is 13.8. The van der Waals surface area contributed by atoms with Crippen LogP contribution in [0.1, 0.15) is 85.5 Å². The first-order chi connectivity index (χ1) is 13.2. The van der Waals surface area contributed by atoms with Crippen LogP contribution in [0.25, 0.3) is 0 Å². The Morgan fingerprint density at radius 2 is 1.93 bits per heavy atom.